The van der Waals surface area contributed by atoms with Gasteiger partial charge in [0.1, 0.15) is 11.6 Å². The molecule has 0 amide bonds. The molecule has 1 aromatic carbocycles. The van der Waals surface area contributed by atoms with Crippen LogP contribution in [0.1, 0.15) is 11.4 Å². The Morgan fingerprint density at radius 3 is 2.78 bits per heavy atom. The Balaban J connectivity index is 1.82. The second-order valence-electron chi connectivity index (χ2n) is 5.15. The lowest BCUT2D eigenvalue weighted by molar-refractivity contribution is 0.425. The van der Waals surface area contributed by atoms with Crippen LogP contribution in [-0.4, -0.2) is 22.2 Å². The van der Waals surface area contributed by atoms with Crippen LogP contribution in [0.25, 0.3) is 11.5 Å². The summed E-state index contributed by atoms with van der Waals surface area (Å²) in [4.78, 5) is 10.4. The summed E-state index contributed by atoms with van der Waals surface area (Å²) in [5.74, 6) is 1.30. The Bertz CT molecular complexity index is 836. The summed E-state index contributed by atoms with van der Waals surface area (Å²) in [7, 11) is 1.87. The summed E-state index contributed by atoms with van der Waals surface area (Å²) < 4.78 is 18.7. The normalized spacial score (nSPS) is 10.8. The average molecular weight is 333 g/mol. The van der Waals surface area contributed by atoms with Crippen molar-refractivity contribution in [1.82, 2.24) is 15.1 Å². The zero-order valence-electron chi connectivity index (χ0n) is 12.6. The molecule has 23 heavy (non-hydrogen) atoms. The lowest BCUT2D eigenvalue weighted by Crippen LogP contribution is -2.17. The first-order valence-electron chi connectivity index (χ1n) is 6.95. The van der Waals surface area contributed by atoms with E-state index in [1.165, 1.54) is 6.07 Å². The van der Waals surface area contributed by atoms with Crippen molar-refractivity contribution in [3.8, 4) is 11.5 Å². The van der Waals surface area contributed by atoms with Gasteiger partial charge < -0.3 is 9.42 Å². The minimum Gasteiger partial charge on any atom is -0.355 e. The Morgan fingerprint density at radius 2 is 2.09 bits per heavy atom. The summed E-state index contributed by atoms with van der Waals surface area (Å²) in [6.07, 6.45) is 1.67. The van der Waals surface area contributed by atoms with E-state index in [4.69, 9.17) is 16.1 Å². The van der Waals surface area contributed by atoms with Gasteiger partial charge >= 0.3 is 0 Å². The van der Waals surface area contributed by atoms with Crippen LogP contribution in [0.4, 0.5) is 10.2 Å². The SMILES string of the molecule is Cc1noc(-c2ccnc(N(C)Cc3ccc(Cl)c(F)c3)c2)n1. The number of benzene rings is 1. The van der Waals surface area contributed by atoms with Gasteiger partial charge in [0.15, 0.2) is 5.82 Å². The van der Waals surface area contributed by atoms with E-state index in [-0.39, 0.29) is 5.02 Å². The van der Waals surface area contributed by atoms with Gasteiger partial charge in [0.05, 0.1) is 5.02 Å². The van der Waals surface area contributed by atoms with Gasteiger partial charge in [-0.25, -0.2) is 9.37 Å². The molecule has 2 aromatic heterocycles. The molecule has 0 fully saturated rings. The van der Waals surface area contributed by atoms with Gasteiger partial charge in [-0.1, -0.05) is 22.8 Å². The smallest absolute Gasteiger partial charge is 0.258 e. The predicted molar refractivity (Wildman–Crippen MR) is 85.8 cm³/mol. The number of nitrogens with zero attached hydrogens (tertiary/aromatic N) is 4. The highest BCUT2D eigenvalue weighted by atomic mass is 35.5. The standard InChI is InChI=1S/C16H14ClFN4O/c1-10-20-16(23-21-10)12-5-6-19-15(8-12)22(2)9-11-3-4-13(17)14(18)7-11/h3-8H,9H2,1-2H3. The molecule has 5 nitrogen and oxygen atoms in total. The predicted octanol–water partition coefficient (Wildman–Crippen LogP) is 3.87. The summed E-state index contributed by atoms with van der Waals surface area (Å²) >= 11 is 5.70. The fourth-order valence-corrected chi connectivity index (χ4v) is 2.28. The summed E-state index contributed by atoms with van der Waals surface area (Å²) in [6.45, 7) is 2.25. The second kappa shape index (κ2) is 6.34. The van der Waals surface area contributed by atoms with Crippen molar-refractivity contribution in [3.05, 3.63) is 58.8 Å². The molecule has 0 N–H and O–H groups in total. The molecular formula is C16H14ClFN4O. The van der Waals surface area contributed by atoms with E-state index in [1.807, 2.05) is 18.0 Å². The molecule has 0 aliphatic carbocycles. The molecule has 0 aliphatic heterocycles. The highest BCUT2D eigenvalue weighted by molar-refractivity contribution is 6.30. The lowest BCUT2D eigenvalue weighted by atomic mass is 10.2. The zero-order valence-corrected chi connectivity index (χ0v) is 13.4. The molecule has 3 rings (SSSR count). The maximum Gasteiger partial charge on any atom is 0.258 e. The zero-order chi connectivity index (χ0) is 16.4. The van der Waals surface area contributed by atoms with Gasteiger partial charge in [-0.3, -0.25) is 0 Å². The molecule has 118 valence electrons. The van der Waals surface area contributed by atoms with Crippen LogP contribution < -0.4 is 4.90 Å². The number of halogens is 2. The van der Waals surface area contributed by atoms with E-state index in [1.54, 1.807) is 31.3 Å². The molecule has 0 spiro atoms. The molecule has 0 unspecified atom stereocenters. The van der Waals surface area contributed by atoms with E-state index in [0.29, 0.717) is 24.1 Å². The highest BCUT2D eigenvalue weighted by Crippen LogP contribution is 2.22. The fraction of sp³-hybridized carbons (Fsp3) is 0.188. The van der Waals surface area contributed by atoms with E-state index < -0.39 is 5.82 Å². The number of pyridine rings is 1. The molecular weight excluding hydrogens is 319 g/mol. The average Bonchev–Trinajstić information content (AvgIpc) is 2.98. The second-order valence-corrected chi connectivity index (χ2v) is 5.56. The molecule has 7 heteroatoms. The number of hydrogen-bond acceptors (Lipinski definition) is 5. The monoisotopic (exact) mass is 332 g/mol. The van der Waals surface area contributed by atoms with Crippen molar-refractivity contribution in [2.75, 3.05) is 11.9 Å². The summed E-state index contributed by atoms with van der Waals surface area (Å²) in [6, 6.07) is 8.40. The maximum atomic E-state index is 13.5. The Morgan fingerprint density at radius 1 is 1.26 bits per heavy atom. The molecule has 0 aliphatic rings. The van der Waals surface area contributed by atoms with Gasteiger partial charge in [0, 0.05) is 25.4 Å². The molecule has 0 saturated carbocycles. The first kappa shape index (κ1) is 15.4. The van der Waals surface area contributed by atoms with Gasteiger partial charge in [-0.2, -0.15) is 4.98 Å². The van der Waals surface area contributed by atoms with E-state index in [0.717, 1.165) is 11.1 Å². The quantitative estimate of drug-likeness (QED) is 0.726. The van der Waals surface area contributed by atoms with Gasteiger partial charge in [0.25, 0.3) is 5.89 Å². The van der Waals surface area contributed by atoms with Crippen molar-refractivity contribution in [2.45, 2.75) is 13.5 Å². The number of hydrogen-bond donors (Lipinski definition) is 0. The number of rotatable bonds is 4. The largest absolute Gasteiger partial charge is 0.355 e. The first-order valence-corrected chi connectivity index (χ1v) is 7.32. The number of anilines is 1. The van der Waals surface area contributed by atoms with Crippen LogP contribution in [0.2, 0.25) is 5.02 Å². The van der Waals surface area contributed by atoms with E-state index >= 15 is 0 Å². The van der Waals surface area contributed by atoms with Crippen molar-refractivity contribution in [2.24, 2.45) is 0 Å². The highest BCUT2D eigenvalue weighted by Gasteiger charge is 2.11. The molecule has 0 radical (unpaired) electrons. The van der Waals surface area contributed by atoms with Crippen molar-refractivity contribution < 1.29 is 8.91 Å². The Labute approximate surface area is 137 Å². The van der Waals surface area contributed by atoms with Crippen LogP contribution in [0.15, 0.2) is 41.1 Å². The minimum atomic E-state index is -0.430. The van der Waals surface area contributed by atoms with E-state index in [9.17, 15) is 4.39 Å². The van der Waals surface area contributed by atoms with Crippen LogP contribution in [0.5, 0.6) is 0 Å². The maximum absolute atomic E-state index is 13.5. The molecule has 0 atom stereocenters. The topological polar surface area (TPSA) is 55.1 Å². The van der Waals surface area contributed by atoms with Crippen LogP contribution in [0, 0.1) is 12.7 Å². The van der Waals surface area contributed by atoms with Gasteiger partial charge in [0.2, 0.25) is 0 Å². The number of aryl methyl sites for hydroxylation is 1. The number of aromatic nitrogens is 3. The van der Waals surface area contributed by atoms with Crippen molar-refractivity contribution >= 4 is 17.4 Å². The Kier molecular flexibility index (Phi) is 4.25. The van der Waals surface area contributed by atoms with Gasteiger partial charge in [-0.15, -0.1) is 0 Å². The van der Waals surface area contributed by atoms with E-state index in [2.05, 4.69) is 15.1 Å². The van der Waals surface area contributed by atoms with Crippen LogP contribution in [0.3, 0.4) is 0 Å². The summed E-state index contributed by atoms with van der Waals surface area (Å²) in [5, 5.41) is 3.89. The third kappa shape index (κ3) is 3.48. The van der Waals surface area contributed by atoms with Crippen molar-refractivity contribution in [1.29, 1.82) is 0 Å². The van der Waals surface area contributed by atoms with Crippen LogP contribution in [-0.2, 0) is 6.54 Å². The minimum absolute atomic E-state index is 0.114. The fourth-order valence-electron chi connectivity index (χ4n) is 2.17. The van der Waals surface area contributed by atoms with Crippen molar-refractivity contribution in [3.63, 3.8) is 0 Å². The Hall–Kier alpha value is -2.47. The molecule has 0 saturated heterocycles. The molecule has 0 bridgehead atoms. The molecule has 3 aromatic rings. The third-order valence-electron chi connectivity index (χ3n) is 3.31. The summed E-state index contributed by atoms with van der Waals surface area (Å²) in [5.41, 5.74) is 1.58. The third-order valence-corrected chi connectivity index (χ3v) is 3.62. The first-order chi connectivity index (χ1) is 11.0. The molecule has 2 heterocycles. The lowest BCUT2D eigenvalue weighted by Gasteiger charge is -2.18. The van der Waals surface area contributed by atoms with Gasteiger partial charge in [-0.05, 0) is 36.8 Å². The van der Waals surface area contributed by atoms with Crippen LogP contribution >= 0.6 is 11.6 Å².